The summed E-state index contributed by atoms with van der Waals surface area (Å²) < 4.78 is 0. The highest BCUT2D eigenvalue weighted by Crippen LogP contribution is 2.21. The normalized spacial score (nSPS) is 10.7. The average molecular weight is 232 g/mol. The van der Waals surface area contributed by atoms with Crippen molar-refractivity contribution in [3.05, 3.63) is 35.5 Å². The molecule has 0 saturated heterocycles. The molecule has 0 bridgehead atoms. The van der Waals surface area contributed by atoms with Crippen LogP contribution in [0.1, 0.15) is 17.7 Å². The molecule has 0 unspecified atom stereocenters. The summed E-state index contributed by atoms with van der Waals surface area (Å²) in [5.41, 5.74) is 3.25. The molecule has 2 rings (SSSR count). The number of carbonyl (C=O) groups excluding carboxylic acids is 1. The van der Waals surface area contributed by atoms with E-state index >= 15 is 0 Å². The van der Waals surface area contributed by atoms with Crippen LogP contribution in [0.5, 0.6) is 0 Å². The lowest BCUT2D eigenvalue weighted by molar-refractivity contribution is -0.121. The fraction of sp³-hybridized carbons (Fsp3) is 0.308. The van der Waals surface area contributed by atoms with E-state index in [1.807, 2.05) is 31.2 Å². The van der Waals surface area contributed by atoms with Gasteiger partial charge >= 0.3 is 0 Å². The summed E-state index contributed by atoms with van der Waals surface area (Å²) in [5, 5.41) is 12.6. The Labute approximate surface area is 99.7 Å². The van der Waals surface area contributed by atoms with Crippen molar-refractivity contribution < 1.29 is 9.90 Å². The maximum absolute atomic E-state index is 11.3. The topological polar surface area (TPSA) is 65.1 Å². The van der Waals surface area contributed by atoms with E-state index in [1.54, 1.807) is 0 Å². The molecule has 0 aliphatic rings. The quantitative estimate of drug-likeness (QED) is 0.747. The fourth-order valence-corrected chi connectivity index (χ4v) is 1.94. The number of aryl methyl sites for hydroxylation is 1. The molecule has 4 nitrogen and oxygen atoms in total. The van der Waals surface area contributed by atoms with Crippen molar-refractivity contribution in [1.82, 2.24) is 10.3 Å². The molecule has 2 aromatic rings. The van der Waals surface area contributed by atoms with E-state index in [9.17, 15) is 4.79 Å². The van der Waals surface area contributed by atoms with E-state index in [2.05, 4.69) is 10.3 Å². The second-order valence-corrected chi connectivity index (χ2v) is 4.02. The molecule has 0 radical (unpaired) electrons. The Bertz CT molecular complexity index is 531. The molecule has 1 heterocycles. The smallest absolute Gasteiger partial charge is 0.222 e. The van der Waals surface area contributed by atoms with Crippen LogP contribution in [0, 0.1) is 6.92 Å². The number of fused-ring (bicyclic) bond motifs is 1. The van der Waals surface area contributed by atoms with E-state index in [0.717, 1.165) is 22.2 Å². The zero-order chi connectivity index (χ0) is 12.3. The number of hydrogen-bond acceptors (Lipinski definition) is 2. The second kappa shape index (κ2) is 5.01. The van der Waals surface area contributed by atoms with Crippen molar-refractivity contribution >= 4 is 16.8 Å². The van der Waals surface area contributed by atoms with Gasteiger partial charge in [0.15, 0.2) is 0 Å². The number of aromatic amines is 1. The lowest BCUT2D eigenvalue weighted by atomic mass is 10.1. The number of nitrogens with one attached hydrogen (secondary N) is 2. The first kappa shape index (κ1) is 11.7. The van der Waals surface area contributed by atoms with Crippen LogP contribution in [0.3, 0.4) is 0 Å². The lowest BCUT2D eigenvalue weighted by Crippen LogP contribution is -2.23. The van der Waals surface area contributed by atoms with Crippen molar-refractivity contribution in [2.75, 3.05) is 6.61 Å². The minimum Gasteiger partial charge on any atom is -0.396 e. The number of amides is 1. The number of para-hydroxylation sites is 1. The van der Waals surface area contributed by atoms with Crippen molar-refractivity contribution in [1.29, 1.82) is 0 Å². The standard InChI is InChI=1S/C13H16N2O2/c1-9-11(8-14-13(17)6-7-16)10-4-2-3-5-12(10)15-9/h2-5,15-16H,6-8H2,1H3,(H,14,17). The molecule has 90 valence electrons. The first-order valence-electron chi connectivity index (χ1n) is 5.66. The minimum atomic E-state index is -0.128. The first-order chi connectivity index (χ1) is 8.22. The molecule has 0 fully saturated rings. The van der Waals surface area contributed by atoms with Gasteiger partial charge < -0.3 is 15.4 Å². The van der Waals surface area contributed by atoms with Crippen LogP contribution in [0.25, 0.3) is 10.9 Å². The van der Waals surface area contributed by atoms with Crippen LogP contribution in [0.2, 0.25) is 0 Å². The van der Waals surface area contributed by atoms with Gasteiger partial charge in [-0.3, -0.25) is 4.79 Å². The predicted octanol–water partition coefficient (Wildman–Crippen LogP) is 1.47. The molecule has 17 heavy (non-hydrogen) atoms. The Morgan fingerprint density at radius 2 is 2.18 bits per heavy atom. The van der Waals surface area contributed by atoms with Gasteiger partial charge in [-0.2, -0.15) is 0 Å². The van der Waals surface area contributed by atoms with Gasteiger partial charge in [-0.05, 0) is 18.6 Å². The molecule has 1 amide bonds. The molecular formula is C13H16N2O2. The summed E-state index contributed by atoms with van der Waals surface area (Å²) in [7, 11) is 0. The van der Waals surface area contributed by atoms with E-state index in [-0.39, 0.29) is 18.9 Å². The molecule has 3 N–H and O–H groups in total. The highest BCUT2D eigenvalue weighted by molar-refractivity contribution is 5.85. The molecule has 0 atom stereocenters. The minimum absolute atomic E-state index is 0.112. The lowest BCUT2D eigenvalue weighted by Gasteiger charge is -2.04. The fourth-order valence-electron chi connectivity index (χ4n) is 1.94. The zero-order valence-electron chi connectivity index (χ0n) is 9.79. The summed E-state index contributed by atoms with van der Waals surface area (Å²) in [6.45, 7) is 2.38. The number of aromatic nitrogens is 1. The molecule has 4 heteroatoms. The van der Waals surface area contributed by atoms with Crippen LogP contribution in [0.4, 0.5) is 0 Å². The molecule has 0 spiro atoms. The Hall–Kier alpha value is -1.81. The third kappa shape index (κ3) is 2.47. The van der Waals surface area contributed by atoms with Gasteiger partial charge in [0, 0.05) is 29.6 Å². The number of benzene rings is 1. The summed E-state index contributed by atoms with van der Waals surface area (Å²) in [6, 6.07) is 8.01. The third-order valence-electron chi connectivity index (χ3n) is 2.83. The SMILES string of the molecule is Cc1[nH]c2ccccc2c1CNC(=O)CCO. The van der Waals surface area contributed by atoms with Gasteiger partial charge in [-0.1, -0.05) is 18.2 Å². The highest BCUT2D eigenvalue weighted by atomic mass is 16.3. The summed E-state index contributed by atoms with van der Waals surface area (Å²) in [4.78, 5) is 14.6. The van der Waals surface area contributed by atoms with E-state index in [0.29, 0.717) is 6.54 Å². The largest absolute Gasteiger partial charge is 0.396 e. The third-order valence-corrected chi connectivity index (χ3v) is 2.83. The van der Waals surface area contributed by atoms with Gasteiger partial charge in [0.1, 0.15) is 0 Å². The maximum atomic E-state index is 11.3. The number of H-pyrrole nitrogens is 1. The first-order valence-corrected chi connectivity index (χ1v) is 5.66. The van der Waals surface area contributed by atoms with Gasteiger partial charge in [0.2, 0.25) is 5.91 Å². The Morgan fingerprint density at radius 1 is 1.41 bits per heavy atom. The monoisotopic (exact) mass is 232 g/mol. The number of rotatable bonds is 4. The van der Waals surface area contributed by atoms with Crippen molar-refractivity contribution in [2.45, 2.75) is 19.9 Å². The van der Waals surface area contributed by atoms with Crippen LogP contribution in [-0.4, -0.2) is 22.6 Å². The maximum Gasteiger partial charge on any atom is 0.222 e. The molecule has 1 aromatic heterocycles. The van der Waals surface area contributed by atoms with Crippen LogP contribution >= 0.6 is 0 Å². The van der Waals surface area contributed by atoms with Gasteiger partial charge in [-0.25, -0.2) is 0 Å². The van der Waals surface area contributed by atoms with Gasteiger partial charge in [0.25, 0.3) is 0 Å². The summed E-state index contributed by atoms with van der Waals surface area (Å²) in [5.74, 6) is -0.128. The Kier molecular flexibility index (Phi) is 3.44. The van der Waals surface area contributed by atoms with Crippen molar-refractivity contribution in [3.8, 4) is 0 Å². The molecule has 0 saturated carbocycles. The molecule has 1 aromatic carbocycles. The second-order valence-electron chi connectivity index (χ2n) is 4.02. The predicted molar refractivity (Wildman–Crippen MR) is 66.6 cm³/mol. The van der Waals surface area contributed by atoms with E-state index in [1.165, 1.54) is 0 Å². The number of aliphatic hydroxyl groups is 1. The van der Waals surface area contributed by atoms with Crippen LogP contribution in [-0.2, 0) is 11.3 Å². The Balaban J connectivity index is 2.18. The van der Waals surface area contributed by atoms with Gasteiger partial charge in [0.05, 0.1) is 6.61 Å². The number of hydrogen-bond donors (Lipinski definition) is 3. The molecule has 0 aliphatic carbocycles. The van der Waals surface area contributed by atoms with E-state index < -0.39 is 0 Å². The van der Waals surface area contributed by atoms with Crippen molar-refractivity contribution in [2.24, 2.45) is 0 Å². The summed E-state index contributed by atoms with van der Waals surface area (Å²) in [6.07, 6.45) is 0.154. The van der Waals surface area contributed by atoms with Gasteiger partial charge in [-0.15, -0.1) is 0 Å². The van der Waals surface area contributed by atoms with E-state index in [4.69, 9.17) is 5.11 Å². The zero-order valence-corrected chi connectivity index (χ0v) is 9.79. The number of carbonyl (C=O) groups is 1. The van der Waals surface area contributed by atoms with Crippen molar-refractivity contribution in [3.63, 3.8) is 0 Å². The highest BCUT2D eigenvalue weighted by Gasteiger charge is 2.08. The molecular weight excluding hydrogens is 216 g/mol. The average Bonchev–Trinajstić information content (AvgIpc) is 2.62. The Morgan fingerprint density at radius 3 is 2.94 bits per heavy atom. The summed E-state index contributed by atoms with van der Waals surface area (Å²) >= 11 is 0. The van der Waals surface area contributed by atoms with Crippen LogP contribution in [0.15, 0.2) is 24.3 Å². The molecule has 0 aliphatic heterocycles. The number of aliphatic hydroxyl groups excluding tert-OH is 1. The van der Waals surface area contributed by atoms with Crippen LogP contribution < -0.4 is 5.32 Å².